The summed E-state index contributed by atoms with van der Waals surface area (Å²) in [4.78, 5) is 0. The lowest BCUT2D eigenvalue weighted by Crippen LogP contribution is -1.62. The molecule has 0 aliphatic heterocycles. The fraction of sp³-hybridized carbons (Fsp3) is 0.333. The van der Waals surface area contributed by atoms with Crippen molar-refractivity contribution in [2.75, 3.05) is 5.75 Å². The molecule has 0 unspecified atom stereocenters. The van der Waals surface area contributed by atoms with Gasteiger partial charge in [0.2, 0.25) is 0 Å². The number of allylic oxidation sites excluding steroid dienone is 1. The molecule has 0 aromatic heterocycles. The van der Waals surface area contributed by atoms with E-state index in [-0.39, 0.29) is 0 Å². The first-order valence-electron chi connectivity index (χ1n) is 2.23. The Bertz CT molecular complexity index is 48.1. The van der Waals surface area contributed by atoms with Crippen molar-refractivity contribution >= 4 is 11.8 Å². The van der Waals surface area contributed by atoms with Gasteiger partial charge in [-0.3, -0.25) is 0 Å². The molecule has 0 nitrogen and oxygen atoms in total. The van der Waals surface area contributed by atoms with Crippen LogP contribution in [0.4, 0.5) is 0 Å². The van der Waals surface area contributed by atoms with E-state index in [4.69, 9.17) is 0 Å². The summed E-state index contributed by atoms with van der Waals surface area (Å²) < 4.78 is 0. The Balaban J connectivity index is 2.78. The lowest BCUT2D eigenvalue weighted by atomic mass is 10.4. The molecule has 40 valence electrons. The van der Waals surface area contributed by atoms with Crippen molar-refractivity contribution < 1.29 is 0 Å². The zero-order valence-corrected chi connectivity index (χ0v) is 5.21. The van der Waals surface area contributed by atoms with Gasteiger partial charge >= 0.3 is 0 Å². The van der Waals surface area contributed by atoms with Gasteiger partial charge in [-0.25, -0.2) is 0 Å². The van der Waals surface area contributed by atoms with Crippen molar-refractivity contribution in [3.63, 3.8) is 0 Å². The van der Waals surface area contributed by atoms with Gasteiger partial charge in [0.15, 0.2) is 0 Å². The Hall–Kier alpha value is 0.0900. The summed E-state index contributed by atoms with van der Waals surface area (Å²) in [5.74, 6) is 1.01. The fourth-order valence-corrected chi connectivity index (χ4v) is 0.526. The van der Waals surface area contributed by atoms with Crippen LogP contribution in [-0.4, -0.2) is 5.75 Å². The lowest BCUT2D eigenvalue weighted by Gasteiger charge is -1.79. The van der Waals surface area contributed by atoms with E-state index in [0.29, 0.717) is 0 Å². The summed E-state index contributed by atoms with van der Waals surface area (Å²) in [6.07, 6.45) is 8.61. The molecule has 0 amide bonds. The van der Waals surface area contributed by atoms with E-state index in [2.05, 4.69) is 19.3 Å². The van der Waals surface area contributed by atoms with E-state index in [0.717, 1.165) is 12.2 Å². The number of thioether (sulfide) groups is 1. The smallest absolute Gasteiger partial charge is 0.0113 e. The Labute approximate surface area is 50.0 Å². The molecule has 0 aromatic rings. The maximum atomic E-state index is 3.64. The zero-order valence-electron chi connectivity index (χ0n) is 4.39. The Morgan fingerprint density at radius 2 is 2.14 bits per heavy atom. The molecule has 0 fully saturated rings. The minimum atomic E-state index is 0.889. The van der Waals surface area contributed by atoms with E-state index in [1.54, 1.807) is 11.8 Å². The van der Waals surface area contributed by atoms with Crippen LogP contribution in [0, 0.1) is 13.2 Å². The monoisotopic (exact) mass is 114 g/mol. The highest BCUT2D eigenvalue weighted by Crippen LogP contribution is 1.94. The zero-order chi connectivity index (χ0) is 5.54. The maximum Gasteiger partial charge on any atom is 0.0113 e. The molecule has 1 heteroatoms. The van der Waals surface area contributed by atoms with Crippen LogP contribution in [-0.2, 0) is 0 Å². The SMILES string of the molecule is [CH2]CC=CCS[CH2]. The second-order valence-corrected chi connectivity index (χ2v) is 1.87. The first-order chi connectivity index (χ1) is 3.41. The number of rotatable bonds is 3. The minimum Gasteiger partial charge on any atom is -0.157 e. The van der Waals surface area contributed by atoms with Crippen LogP contribution in [0.25, 0.3) is 0 Å². The van der Waals surface area contributed by atoms with E-state index < -0.39 is 0 Å². The summed E-state index contributed by atoms with van der Waals surface area (Å²) >= 11 is 1.58. The highest BCUT2D eigenvalue weighted by Gasteiger charge is 1.68. The van der Waals surface area contributed by atoms with Crippen molar-refractivity contribution in [3.05, 3.63) is 25.3 Å². The third-order valence-electron chi connectivity index (χ3n) is 0.547. The van der Waals surface area contributed by atoms with Gasteiger partial charge in [-0.1, -0.05) is 12.2 Å². The van der Waals surface area contributed by atoms with E-state index in [1.807, 2.05) is 6.08 Å². The molecule has 7 heavy (non-hydrogen) atoms. The van der Waals surface area contributed by atoms with Gasteiger partial charge < -0.3 is 0 Å². The highest BCUT2D eigenvalue weighted by atomic mass is 32.2. The first kappa shape index (κ1) is 7.09. The molecule has 0 atom stereocenters. The van der Waals surface area contributed by atoms with Gasteiger partial charge in [-0.05, 0) is 13.3 Å². The summed E-state index contributed by atoms with van der Waals surface area (Å²) in [5.41, 5.74) is 0. The molecule has 0 saturated heterocycles. The molecule has 0 heterocycles. The molecule has 2 radical (unpaired) electrons. The summed E-state index contributed by atoms with van der Waals surface area (Å²) in [7, 11) is 0. The third kappa shape index (κ3) is 6.09. The standard InChI is InChI=1S/C6H10S/c1-3-4-5-6-7-2/h4-5H,1-3,6H2. The normalized spacial score (nSPS) is 10.6. The maximum absolute atomic E-state index is 3.64. The van der Waals surface area contributed by atoms with Crippen LogP contribution in [0.3, 0.4) is 0 Å². The van der Waals surface area contributed by atoms with Crippen LogP contribution >= 0.6 is 11.8 Å². The minimum absolute atomic E-state index is 0.889. The van der Waals surface area contributed by atoms with Crippen molar-refractivity contribution in [2.24, 2.45) is 0 Å². The topological polar surface area (TPSA) is 0 Å². The molecule has 0 spiro atoms. The predicted octanol–water partition coefficient (Wildman–Crippen LogP) is 2.29. The second-order valence-electron chi connectivity index (χ2n) is 1.13. The first-order valence-corrected chi connectivity index (χ1v) is 3.38. The second kappa shape index (κ2) is 6.09. The molecule has 0 aromatic carbocycles. The van der Waals surface area contributed by atoms with Crippen molar-refractivity contribution in [1.29, 1.82) is 0 Å². The summed E-state index contributed by atoms with van der Waals surface area (Å²) in [6, 6.07) is 0. The predicted molar refractivity (Wildman–Crippen MR) is 36.9 cm³/mol. The summed E-state index contributed by atoms with van der Waals surface area (Å²) in [6.45, 7) is 3.64. The van der Waals surface area contributed by atoms with Crippen LogP contribution < -0.4 is 0 Å². The summed E-state index contributed by atoms with van der Waals surface area (Å²) in [5, 5.41) is 0. The van der Waals surface area contributed by atoms with Gasteiger partial charge in [0, 0.05) is 12.0 Å². The van der Waals surface area contributed by atoms with Gasteiger partial charge in [0.05, 0.1) is 0 Å². The van der Waals surface area contributed by atoms with E-state index in [9.17, 15) is 0 Å². The molecule has 0 saturated carbocycles. The molecule has 0 rings (SSSR count). The Kier molecular flexibility index (Phi) is 6.17. The average molecular weight is 114 g/mol. The highest BCUT2D eigenvalue weighted by molar-refractivity contribution is 8.00. The van der Waals surface area contributed by atoms with Crippen LogP contribution in [0.15, 0.2) is 12.2 Å². The van der Waals surface area contributed by atoms with Crippen LogP contribution in [0.2, 0.25) is 0 Å². The average Bonchev–Trinajstić information content (AvgIpc) is 1.69. The third-order valence-corrected chi connectivity index (χ3v) is 0.976. The largest absolute Gasteiger partial charge is 0.157 e. The molecule has 0 aliphatic rings. The fourth-order valence-electron chi connectivity index (χ4n) is 0.254. The van der Waals surface area contributed by atoms with Gasteiger partial charge in [-0.15, -0.1) is 0 Å². The molecule has 0 bridgehead atoms. The van der Waals surface area contributed by atoms with Crippen LogP contribution in [0.1, 0.15) is 6.42 Å². The van der Waals surface area contributed by atoms with Gasteiger partial charge in [0.1, 0.15) is 0 Å². The van der Waals surface area contributed by atoms with E-state index in [1.165, 1.54) is 0 Å². The molecular formula is C6H10S. The molecular weight excluding hydrogens is 104 g/mol. The van der Waals surface area contributed by atoms with Crippen molar-refractivity contribution in [2.45, 2.75) is 6.42 Å². The van der Waals surface area contributed by atoms with Crippen LogP contribution in [0.5, 0.6) is 0 Å². The molecule has 0 N–H and O–H groups in total. The van der Waals surface area contributed by atoms with E-state index >= 15 is 0 Å². The van der Waals surface area contributed by atoms with Crippen molar-refractivity contribution in [3.8, 4) is 0 Å². The Morgan fingerprint density at radius 3 is 2.57 bits per heavy atom. The molecule has 0 aliphatic carbocycles. The Morgan fingerprint density at radius 1 is 1.43 bits per heavy atom. The number of hydrogen-bond acceptors (Lipinski definition) is 1. The lowest BCUT2D eigenvalue weighted by molar-refractivity contribution is 1.39. The van der Waals surface area contributed by atoms with Gasteiger partial charge in [0.25, 0.3) is 0 Å². The quantitative estimate of drug-likeness (QED) is 0.507. The number of hydrogen-bond donors (Lipinski definition) is 0. The van der Waals surface area contributed by atoms with Gasteiger partial charge in [-0.2, -0.15) is 11.8 Å². The van der Waals surface area contributed by atoms with Crippen molar-refractivity contribution in [1.82, 2.24) is 0 Å².